The van der Waals surface area contributed by atoms with Gasteiger partial charge < -0.3 is 0 Å². The quantitative estimate of drug-likeness (QED) is 0.190. The van der Waals surface area contributed by atoms with Crippen molar-refractivity contribution in [3.05, 3.63) is 131 Å². The van der Waals surface area contributed by atoms with Crippen LogP contribution in [0.2, 0.25) is 0 Å². The average Bonchev–Trinajstić information content (AvgIpc) is 3.22. The molecule has 0 aliphatic heterocycles. The molecule has 2 aliphatic carbocycles. The third kappa shape index (κ3) is 3.85. The Morgan fingerprint density at radius 3 is 2.23 bits per heavy atom. The van der Waals surface area contributed by atoms with Gasteiger partial charge in [0, 0.05) is 9.89 Å². The summed E-state index contributed by atoms with van der Waals surface area (Å²) in [5.74, 6) is 1.21. The smallest absolute Gasteiger partial charge is 0.0253 e. The maximum absolute atomic E-state index is 4.49. The van der Waals surface area contributed by atoms with Crippen LogP contribution < -0.4 is 0 Å². The summed E-state index contributed by atoms with van der Waals surface area (Å²) in [6, 6.07) is 38.2. The molecule has 1 heteroatoms. The van der Waals surface area contributed by atoms with Crippen molar-refractivity contribution in [2.45, 2.75) is 38.5 Å². The predicted octanol–water partition coefficient (Wildman–Crippen LogP) is 11.2. The molecule has 0 bridgehead atoms. The van der Waals surface area contributed by atoms with Gasteiger partial charge in [-0.25, -0.2) is 0 Å². The second-order valence-corrected chi connectivity index (χ2v) is 12.7. The molecule has 3 atom stereocenters. The van der Waals surface area contributed by atoms with Crippen LogP contribution in [0.25, 0.3) is 44.2 Å². The SMILES string of the molecule is C=C1CC(C)CC(C2(C)c3ccc(-c4ccccc4-c4ccccc4Br)cc3-c3ccc4ccccc4c32)C1. The minimum absolute atomic E-state index is 0.0519. The maximum Gasteiger partial charge on any atom is 0.0253 e. The number of halogens is 1. The number of fused-ring (bicyclic) bond motifs is 5. The Labute approximate surface area is 240 Å². The molecule has 192 valence electrons. The number of rotatable bonds is 3. The van der Waals surface area contributed by atoms with Gasteiger partial charge in [0.15, 0.2) is 0 Å². The van der Waals surface area contributed by atoms with Crippen LogP contribution in [-0.4, -0.2) is 0 Å². The summed E-state index contributed by atoms with van der Waals surface area (Å²) < 4.78 is 1.12. The van der Waals surface area contributed by atoms with E-state index in [2.05, 4.69) is 139 Å². The zero-order chi connectivity index (χ0) is 26.7. The van der Waals surface area contributed by atoms with Crippen molar-refractivity contribution < 1.29 is 0 Å². The molecule has 0 amide bonds. The number of hydrogen-bond donors (Lipinski definition) is 0. The molecule has 39 heavy (non-hydrogen) atoms. The average molecular weight is 570 g/mol. The van der Waals surface area contributed by atoms with Crippen LogP contribution in [0.3, 0.4) is 0 Å². The first-order valence-corrected chi connectivity index (χ1v) is 14.9. The van der Waals surface area contributed by atoms with E-state index in [1.54, 1.807) is 0 Å². The molecule has 0 nitrogen and oxygen atoms in total. The van der Waals surface area contributed by atoms with E-state index in [1.807, 2.05) is 0 Å². The van der Waals surface area contributed by atoms with Crippen molar-refractivity contribution in [3.63, 3.8) is 0 Å². The van der Waals surface area contributed by atoms with Crippen LogP contribution in [0.5, 0.6) is 0 Å². The summed E-state index contributed by atoms with van der Waals surface area (Å²) in [5.41, 5.74) is 12.1. The highest BCUT2D eigenvalue weighted by Crippen LogP contribution is 2.59. The molecule has 0 aromatic heterocycles. The lowest BCUT2D eigenvalue weighted by Gasteiger charge is -2.42. The lowest BCUT2D eigenvalue weighted by molar-refractivity contribution is 0.250. The van der Waals surface area contributed by atoms with Crippen LogP contribution in [0, 0.1) is 11.8 Å². The van der Waals surface area contributed by atoms with Crippen LogP contribution in [0.1, 0.15) is 44.2 Å². The fraction of sp³-hybridized carbons (Fsp3) is 0.211. The van der Waals surface area contributed by atoms with Crippen molar-refractivity contribution in [1.82, 2.24) is 0 Å². The molecule has 1 saturated carbocycles. The number of benzene rings is 5. The van der Waals surface area contributed by atoms with Crippen molar-refractivity contribution in [3.8, 4) is 33.4 Å². The summed E-state index contributed by atoms with van der Waals surface area (Å²) in [4.78, 5) is 0. The van der Waals surface area contributed by atoms with Gasteiger partial charge in [0.25, 0.3) is 0 Å². The molecule has 2 aliphatic rings. The van der Waals surface area contributed by atoms with E-state index in [1.165, 1.54) is 67.3 Å². The summed E-state index contributed by atoms with van der Waals surface area (Å²) in [5, 5.41) is 2.73. The van der Waals surface area contributed by atoms with E-state index < -0.39 is 0 Å². The van der Waals surface area contributed by atoms with Gasteiger partial charge in [0.1, 0.15) is 0 Å². The van der Waals surface area contributed by atoms with Gasteiger partial charge in [0.05, 0.1) is 0 Å². The van der Waals surface area contributed by atoms with Crippen LogP contribution >= 0.6 is 15.9 Å². The number of hydrogen-bond acceptors (Lipinski definition) is 0. The Hall–Kier alpha value is -3.42. The summed E-state index contributed by atoms with van der Waals surface area (Å²) in [7, 11) is 0. The molecule has 3 unspecified atom stereocenters. The summed E-state index contributed by atoms with van der Waals surface area (Å²) in [6.07, 6.45) is 3.51. The van der Waals surface area contributed by atoms with E-state index >= 15 is 0 Å². The first kappa shape index (κ1) is 24.6. The van der Waals surface area contributed by atoms with Crippen LogP contribution in [0.4, 0.5) is 0 Å². The maximum atomic E-state index is 4.49. The van der Waals surface area contributed by atoms with E-state index in [4.69, 9.17) is 0 Å². The Morgan fingerprint density at radius 2 is 1.44 bits per heavy atom. The molecule has 1 fully saturated rings. The third-order valence-electron chi connectivity index (χ3n) is 9.40. The second-order valence-electron chi connectivity index (χ2n) is 11.9. The lowest BCUT2D eigenvalue weighted by Crippen LogP contribution is -2.35. The van der Waals surface area contributed by atoms with Gasteiger partial charge in [-0.3, -0.25) is 0 Å². The highest BCUT2D eigenvalue weighted by atomic mass is 79.9. The van der Waals surface area contributed by atoms with Gasteiger partial charge in [-0.1, -0.05) is 133 Å². The van der Waals surface area contributed by atoms with Gasteiger partial charge in [-0.2, -0.15) is 0 Å². The minimum atomic E-state index is -0.0519. The Balaban J connectivity index is 1.47. The van der Waals surface area contributed by atoms with Gasteiger partial charge in [-0.05, 0) is 98.5 Å². The first-order chi connectivity index (χ1) is 18.9. The highest BCUT2D eigenvalue weighted by molar-refractivity contribution is 9.10. The minimum Gasteiger partial charge on any atom is -0.0998 e. The largest absolute Gasteiger partial charge is 0.0998 e. The molecule has 0 saturated heterocycles. The molecule has 0 N–H and O–H groups in total. The van der Waals surface area contributed by atoms with Crippen molar-refractivity contribution in [1.29, 1.82) is 0 Å². The first-order valence-electron chi connectivity index (χ1n) is 14.1. The van der Waals surface area contributed by atoms with Crippen molar-refractivity contribution in [2.75, 3.05) is 0 Å². The van der Waals surface area contributed by atoms with Crippen LogP contribution in [-0.2, 0) is 5.41 Å². The summed E-state index contributed by atoms with van der Waals surface area (Å²) >= 11 is 3.80. The van der Waals surface area contributed by atoms with Crippen molar-refractivity contribution in [2.24, 2.45) is 11.8 Å². The van der Waals surface area contributed by atoms with Gasteiger partial charge in [0.2, 0.25) is 0 Å². The molecule has 5 aromatic carbocycles. The standard InChI is InChI=1S/C38H33Br/c1-24-20-25(2)22-28(21-24)38(3)35-19-17-27(29-11-6-7-13-31(29)32-14-8-9-15-36(32)39)23-34(35)33-18-16-26-10-4-5-12-30(26)37(33)38/h4-19,23,25,28H,1,20-22H2,2-3H3. The summed E-state index contributed by atoms with van der Waals surface area (Å²) in [6.45, 7) is 9.41. The Kier molecular flexibility index (Phi) is 5.90. The van der Waals surface area contributed by atoms with E-state index in [0.717, 1.165) is 17.3 Å². The lowest BCUT2D eigenvalue weighted by atomic mass is 9.61. The third-order valence-corrected chi connectivity index (χ3v) is 10.1. The molecular weight excluding hydrogens is 536 g/mol. The zero-order valence-electron chi connectivity index (χ0n) is 22.7. The van der Waals surface area contributed by atoms with Crippen molar-refractivity contribution >= 4 is 26.7 Å². The van der Waals surface area contributed by atoms with Gasteiger partial charge >= 0.3 is 0 Å². The molecule has 0 spiro atoms. The van der Waals surface area contributed by atoms with E-state index in [0.29, 0.717) is 11.8 Å². The van der Waals surface area contributed by atoms with E-state index in [-0.39, 0.29) is 5.41 Å². The molecule has 0 radical (unpaired) electrons. The fourth-order valence-corrected chi connectivity index (χ4v) is 8.17. The Bertz CT molecular complexity index is 1760. The topological polar surface area (TPSA) is 0 Å². The number of allylic oxidation sites excluding steroid dienone is 1. The monoisotopic (exact) mass is 568 g/mol. The molecule has 0 heterocycles. The molecule has 5 aromatic rings. The molecular formula is C38H33Br. The normalized spacial score (nSPS) is 22.1. The highest BCUT2D eigenvalue weighted by Gasteiger charge is 2.47. The van der Waals surface area contributed by atoms with E-state index in [9.17, 15) is 0 Å². The Morgan fingerprint density at radius 1 is 0.718 bits per heavy atom. The van der Waals surface area contributed by atoms with Crippen LogP contribution in [0.15, 0.2) is 120 Å². The molecule has 7 rings (SSSR count). The second kappa shape index (κ2) is 9.35. The predicted molar refractivity (Wildman–Crippen MR) is 170 cm³/mol. The van der Waals surface area contributed by atoms with Gasteiger partial charge in [-0.15, -0.1) is 0 Å². The zero-order valence-corrected chi connectivity index (χ0v) is 24.3. The fourth-order valence-electron chi connectivity index (χ4n) is 7.67.